The van der Waals surface area contributed by atoms with Crippen molar-refractivity contribution in [2.75, 3.05) is 19.7 Å². The zero-order valence-electron chi connectivity index (χ0n) is 28.1. The average molecular weight is 652 g/mol. The van der Waals surface area contributed by atoms with E-state index in [1.807, 2.05) is 6.92 Å². The fraction of sp³-hybridized carbons (Fsp3) is 0.774. The second-order valence-corrected chi connectivity index (χ2v) is 13.0. The first-order valence-corrected chi connectivity index (χ1v) is 16.2. The van der Waals surface area contributed by atoms with Gasteiger partial charge in [0.1, 0.15) is 36.3 Å². The quantitative estimate of drug-likeness (QED) is 0.125. The molecule has 2 aliphatic rings. The molecule has 2 aliphatic heterocycles. The molecule has 0 aromatic heterocycles. The summed E-state index contributed by atoms with van der Waals surface area (Å²) in [6, 6.07) is -5.90. The maximum atomic E-state index is 13.7. The van der Waals surface area contributed by atoms with E-state index in [-0.39, 0.29) is 18.4 Å². The van der Waals surface area contributed by atoms with Gasteiger partial charge in [-0.3, -0.25) is 33.6 Å². The summed E-state index contributed by atoms with van der Waals surface area (Å²) < 4.78 is 0. The number of carbonyl (C=O) groups is 7. The highest BCUT2D eigenvalue weighted by atomic mass is 16.3. The van der Waals surface area contributed by atoms with Crippen LogP contribution >= 0.6 is 0 Å². The predicted molar refractivity (Wildman–Crippen MR) is 168 cm³/mol. The molecule has 0 unspecified atom stereocenters. The predicted octanol–water partition coefficient (Wildman–Crippen LogP) is -1.24. The Morgan fingerprint density at radius 2 is 1.24 bits per heavy atom. The number of nitrogens with zero attached hydrogens (tertiary/aromatic N) is 2. The molecule has 15 nitrogen and oxygen atoms in total. The number of hydrogen-bond donors (Lipinski definition) is 6. The van der Waals surface area contributed by atoms with E-state index >= 15 is 0 Å². The third-order valence-electron chi connectivity index (χ3n) is 8.83. The number of primary amides is 1. The maximum Gasteiger partial charge on any atom is 0.248 e. The third-order valence-corrected chi connectivity index (χ3v) is 8.83. The second kappa shape index (κ2) is 17.2. The van der Waals surface area contributed by atoms with E-state index in [1.165, 1.54) is 16.7 Å². The molecule has 2 fully saturated rings. The number of likely N-dealkylation sites (tertiary alicyclic amines) is 2. The SMILES string of the molecule is CC[C@H](C)[C@H](NC(=O)[C@@H](NC(=O)[C@@H]1CCCN1C(=O)[C@H](CO)NC(C)=O)C(C)C)C(=O)N[C@H](C(=O)N1CCC[C@H]1C(N)=O)C(C)C. The summed E-state index contributed by atoms with van der Waals surface area (Å²) in [4.78, 5) is 93.3. The van der Waals surface area contributed by atoms with Crippen LogP contribution in [0, 0.1) is 17.8 Å². The first kappa shape index (κ1) is 38.4. The van der Waals surface area contributed by atoms with Crippen molar-refractivity contribution in [1.29, 1.82) is 0 Å². The Morgan fingerprint density at radius 3 is 1.72 bits per heavy atom. The van der Waals surface area contributed by atoms with Crippen molar-refractivity contribution in [3.63, 3.8) is 0 Å². The smallest absolute Gasteiger partial charge is 0.248 e. The lowest BCUT2D eigenvalue weighted by Gasteiger charge is -2.33. The van der Waals surface area contributed by atoms with E-state index in [0.717, 1.165) is 0 Å². The van der Waals surface area contributed by atoms with Gasteiger partial charge < -0.3 is 41.9 Å². The summed E-state index contributed by atoms with van der Waals surface area (Å²) in [5.74, 6) is -4.91. The largest absolute Gasteiger partial charge is 0.394 e. The highest BCUT2D eigenvalue weighted by Crippen LogP contribution is 2.22. The van der Waals surface area contributed by atoms with Gasteiger partial charge in [-0.25, -0.2) is 0 Å². The zero-order chi connectivity index (χ0) is 34.9. The lowest BCUT2D eigenvalue weighted by molar-refractivity contribution is -0.143. The minimum absolute atomic E-state index is 0.245. The molecule has 2 rings (SSSR count). The highest BCUT2D eigenvalue weighted by molar-refractivity contribution is 5.97. The van der Waals surface area contributed by atoms with Crippen LogP contribution in [0.5, 0.6) is 0 Å². The lowest BCUT2D eigenvalue weighted by atomic mass is 9.95. The fourth-order valence-electron chi connectivity index (χ4n) is 5.92. The molecule has 0 saturated carbocycles. The Bertz CT molecular complexity index is 1150. The fourth-order valence-corrected chi connectivity index (χ4v) is 5.92. The number of rotatable bonds is 15. The van der Waals surface area contributed by atoms with Gasteiger partial charge in [0.2, 0.25) is 41.4 Å². The molecule has 2 heterocycles. The number of nitrogens with one attached hydrogen (secondary N) is 4. The van der Waals surface area contributed by atoms with Crippen LogP contribution in [0.25, 0.3) is 0 Å². The Kier molecular flexibility index (Phi) is 14.4. The van der Waals surface area contributed by atoms with Gasteiger partial charge >= 0.3 is 0 Å². The molecule has 260 valence electrons. The monoisotopic (exact) mass is 651 g/mol. The molecule has 0 radical (unpaired) electrons. The average Bonchev–Trinajstić information content (AvgIpc) is 3.69. The van der Waals surface area contributed by atoms with Gasteiger partial charge in [-0.05, 0) is 43.4 Å². The van der Waals surface area contributed by atoms with E-state index < -0.39 is 90.1 Å². The highest BCUT2D eigenvalue weighted by Gasteiger charge is 2.41. The standard InChI is InChI=1S/C31H53N7O8/c1-8-18(6)25(29(44)35-24(17(4)5)31(46)37-13-9-11-21(37)26(32)41)36-28(43)23(16(2)3)34-27(42)22-12-10-14-38(22)30(45)20(15-39)33-19(7)40/h16-18,20-25,39H,8-15H2,1-7H3,(H2,32,41)(H,33,40)(H,34,42)(H,35,44)(H,36,43)/t18-,20-,21-,22-,23-,24-,25-/m0/s1. The Hall–Kier alpha value is -3.75. The van der Waals surface area contributed by atoms with Gasteiger partial charge in [0.05, 0.1) is 6.61 Å². The molecule has 0 aliphatic carbocycles. The zero-order valence-corrected chi connectivity index (χ0v) is 28.1. The molecule has 2 saturated heterocycles. The Labute approximate surface area is 271 Å². The second-order valence-electron chi connectivity index (χ2n) is 13.0. The number of aliphatic hydroxyl groups is 1. The number of amides is 7. The third kappa shape index (κ3) is 9.63. The van der Waals surface area contributed by atoms with E-state index in [0.29, 0.717) is 38.6 Å². The van der Waals surface area contributed by atoms with Gasteiger partial charge in [0, 0.05) is 20.0 Å². The van der Waals surface area contributed by atoms with Crippen molar-refractivity contribution in [2.24, 2.45) is 23.5 Å². The minimum atomic E-state index is -1.20. The van der Waals surface area contributed by atoms with Gasteiger partial charge in [0.25, 0.3) is 0 Å². The molecule has 7 atom stereocenters. The van der Waals surface area contributed by atoms with Crippen LogP contribution in [0.4, 0.5) is 0 Å². The van der Waals surface area contributed by atoms with Crippen molar-refractivity contribution < 1.29 is 38.7 Å². The van der Waals surface area contributed by atoms with Crippen LogP contribution < -0.4 is 27.0 Å². The molecule has 0 bridgehead atoms. The molecule has 7 N–H and O–H groups in total. The number of aliphatic hydroxyl groups excluding tert-OH is 1. The summed E-state index contributed by atoms with van der Waals surface area (Å²) in [5.41, 5.74) is 5.51. The molecular weight excluding hydrogens is 598 g/mol. The summed E-state index contributed by atoms with van der Waals surface area (Å²) in [5, 5.41) is 20.3. The molecular formula is C31H53N7O8. The van der Waals surface area contributed by atoms with E-state index in [2.05, 4.69) is 21.3 Å². The van der Waals surface area contributed by atoms with E-state index in [9.17, 15) is 38.7 Å². The van der Waals surface area contributed by atoms with Crippen molar-refractivity contribution in [2.45, 2.75) is 117 Å². The van der Waals surface area contributed by atoms with Crippen LogP contribution in [0.15, 0.2) is 0 Å². The number of carbonyl (C=O) groups excluding carboxylic acids is 7. The van der Waals surface area contributed by atoms with Crippen LogP contribution in [0.2, 0.25) is 0 Å². The molecule has 15 heteroatoms. The maximum absolute atomic E-state index is 13.7. The van der Waals surface area contributed by atoms with Crippen LogP contribution in [-0.4, -0.2) is 112 Å². The lowest BCUT2D eigenvalue weighted by Crippen LogP contribution is -2.62. The van der Waals surface area contributed by atoms with E-state index in [4.69, 9.17) is 5.73 Å². The minimum Gasteiger partial charge on any atom is -0.394 e. The Balaban J connectivity index is 2.21. The normalized spacial score (nSPS) is 21.3. The Morgan fingerprint density at radius 1 is 0.739 bits per heavy atom. The summed E-state index contributed by atoms with van der Waals surface area (Å²) in [6.07, 6.45) is 2.45. The molecule has 46 heavy (non-hydrogen) atoms. The van der Waals surface area contributed by atoms with Gasteiger partial charge in [-0.15, -0.1) is 0 Å². The van der Waals surface area contributed by atoms with Gasteiger partial charge in [0.15, 0.2) is 0 Å². The molecule has 0 spiro atoms. The summed E-state index contributed by atoms with van der Waals surface area (Å²) in [7, 11) is 0. The van der Waals surface area contributed by atoms with Crippen LogP contribution in [0.3, 0.4) is 0 Å². The van der Waals surface area contributed by atoms with E-state index in [1.54, 1.807) is 34.6 Å². The van der Waals surface area contributed by atoms with Crippen LogP contribution in [0.1, 0.15) is 80.6 Å². The van der Waals surface area contributed by atoms with Crippen molar-refractivity contribution in [3.8, 4) is 0 Å². The first-order valence-electron chi connectivity index (χ1n) is 16.2. The van der Waals surface area contributed by atoms with Gasteiger partial charge in [-0.1, -0.05) is 48.0 Å². The topological polar surface area (TPSA) is 220 Å². The molecule has 0 aromatic rings. The van der Waals surface area contributed by atoms with Crippen molar-refractivity contribution in [3.05, 3.63) is 0 Å². The van der Waals surface area contributed by atoms with Crippen molar-refractivity contribution >= 4 is 41.4 Å². The van der Waals surface area contributed by atoms with Gasteiger partial charge in [-0.2, -0.15) is 0 Å². The number of hydrogen-bond acceptors (Lipinski definition) is 8. The van der Waals surface area contributed by atoms with Crippen LogP contribution in [-0.2, 0) is 33.6 Å². The first-order chi connectivity index (χ1) is 21.5. The summed E-state index contributed by atoms with van der Waals surface area (Å²) >= 11 is 0. The van der Waals surface area contributed by atoms with Crippen molar-refractivity contribution in [1.82, 2.24) is 31.1 Å². The summed E-state index contributed by atoms with van der Waals surface area (Å²) in [6.45, 7) is 11.8. The molecule has 0 aromatic carbocycles. The molecule has 7 amide bonds. The number of nitrogens with two attached hydrogens (primary N) is 1.